The molecule has 5 nitrogen and oxygen atoms in total. The normalized spacial score (nSPS) is 14.0. The molecule has 1 atom stereocenters. The third kappa shape index (κ3) is 5.52. The van der Waals surface area contributed by atoms with Crippen molar-refractivity contribution in [1.29, 1.82) is 0 Å². The molecule has 300 valence electrons. The highest BCUT2D eigenvalue weighted by atomic mass is 32.1. The zero-order valence-corrected chi connectivity index (χ0v) is 35.2. The van der Waals surface area contributed by atoms with Crippen LogP contribution in [0.25, 0.3) is 120 Å². The van der Waals surface area contributed by atoms with E-state index >= 15 is 0 Å². The zero-order valence-electron chi connectivity index (χ0n) is 34.4. The Morgan fingerprint density at radius 3 is 1.80 bits per heavy atom. The molecule has 0 fully saturated rings. The van der Waals surface area contributed by atoms with Gasteiger partial charge in [-0.2, -0.15) is 0 Å². The predicted octanol–water partition coefficient (Wildman–Crippen LogP) is 15.9. The fraction of sp³-hybridized carbons (Fsp3) is 0.0517. The Kier molecular flexibility index (Phi) is 7.68. The number of rotatable bonds is 4. The Hall–Kier alpha value is -7.93. The smallest absolute Gasteiger partial charge is 0.164 e. The van der Waals surface area contributed by atoms with Crippen LogP contribution in [0, 0.1) is 0 Å². The van der Waals surface area contributed by atoms with Gasteiger partial charge in [-0.25, -0.2) is 15.0 Å². The van der Waals surface area contributed by atoms with Crippen LogP contribution in [0.4, 0.5) is 0 Å². The molecule has 0 spiro atoms. The van der Waals surface area contributed by atoms with Crippen molar-refractivity contribution in [3.05, 3.63) is 199 Å². The molecule has 0 aliphatic heterocycles. The van der Waals surface area contributed by atoms with E-state index in [1.54, 1.807) is 0 Å². The number of nitrogens with zero attached hydrogens (tertiary/aromatic N) is 3. The van der Waals surface area contributed by atoms with Crippen LogP contribution in [0.5, 0.6) is 0 Å². The summed E-state index contributed by atoms with van der Waals surface area (Å²) in [5.74, 6) is 1.87. The predicted molar refractivity (Wildman–Crippen MR) is 263 cm³/mol. The van der Waals surface area contributed by atoms with E-state index < -0.39 is 0 Å². The van der Waals surface area contributed by atoms with E-state index in [2.05, 4.69) is 158 Å². The summed E-state index contributed by atoms with van der Waals surface area (Å²) in [6, 6.07) is 65.0. The Balaban J connectivity index is 1.03. The summed E-state index contributed by atoms with van der Waals surface area (Å²) >= 11 is 1.81. The van der Waals surface area contributed by atoms with Crippen molar-refractivity contribution < 1.29 is 8.83 Å². The van der Waals surface area contributed by atoms with Gasteiger partial charge in [0.2, 0.25) is 0 Å². The average molecular weight is 838 g/mol. The van der Waals surface area contributed by atoms with E-state index in [-0.39, 0.29) is 5.92 Å². The molecule has 1 unspecified atom stereocenters. The van der Waals surface area contributed by atoms with E-state index in [9.17, 15) is 0 Å². The first kappa shape index (κ1) is 35.6. The van der Waals surface area contributed by atoms with Gasteiger partial charge in [0, 0.05) is 64.3 Å². The van der Waals surface area contributed by atoms with Crippen molar-refractivity contribution in [1.82, 2.24) is 15.0 Å². The molecular formula is C58H35N3O2S. The first-order valence-electron chi connectivity index (χ1n) is 21.8. The van der Waals surface area contributed by atoms with Crippen LogP contribution in [-0.2, 0) is 6.42 Å². The lowest BCUT2D eigenvalue weighted by atomic mass is 9.82. The molecule has 4 heterocycles. The van der Waals surface area contributed by atoms with Crippen LogP contribution in [0.2, 0.25) is 0 Å². The fourth-order valence-corrected chi connectivity index (χ4v) is 11.4. The Morgan fingerprint density at radius 1 is 0.391 bits per heavy atom. The second-order valence-electron chi connectivity index (χ2n) is 17.0. The van der Waals surface area contributed by atoms with Crippen molar-refractivity contribution in [2.75, 3.05) is 0 Å². The number of fused-ring (bicyclic) bond motifs is 13. The summed E-state index contributed by atoms with van der Waals surface area (Å²) in [7, 11) is 0. The van der Waals surface area contributed by atoms with E-state index in [4.69, 9.17) is 23.8 Å². The Morgan fingerprint density at radius 2 is 0.984 bits per heavy atom. The van der Waals surface area contributed by atoms with Crippen molar-refractivity contribution in [3.63, 3.8) is 0 Å². The summed E-state index contributed by atoms with van der Waals surface area (Å²) in [5.41, 5.74) is 12.5. The average Bonchev–Trinajstić information content (AvgIpc) is 4.00. The molecule has 9 aromatic carbocycles. The lowest BCUT2D eigenvalue weighted by Crippen LogP contribution is -2.07. The summed E-state index contributed by atoms with van der Waals surface area (Å²) < 4.78 is 15.4. The number of hydrogen-bond acceptors (Lipinski definition) is 6. The number of aromatic nitrogens is 3. The Bertz CT molecular complexity index is 3930. The standard InChI is InChI=1S/C58H35N3O2S/c1-2-12-34-28-44-35(27-33(34)11-1)21-24-40(38-13-3-4-14-39(38)44)45-32-53-47(42-16-6-9-19-51(42)63-53)31-49(45)58-60-56(36-22-25-52-46(29-36)41-15-5-8-18-50(41)62-52)59-57(61-58)37-23-26-55-48(30-37)43-17-7-10-20-54(43)64-55/h1-20,22-23,25-32,40H,21,24H2. The molecule has 6 heteroatoms. The zero-order chi connectivity index (χ0) is 41.9. The van der Waals surface area contributed by atoms with Gasteiger partial charge in [-0.3, -0.25) is 0 Å². The van der Waals surface area contributed by atoms with E-state index in [0.29, 0.717) is 17.5 Å². The molecular weight excluding hydrogens is 803 g/mol. The van der Waals surface area contributed by atoms with Crippen molar-refractivity contribution in [3.8, 4) is 45.3 Å². The summed E-state index contributed by atoms with van der Waals surface area (Å²) in [5, 5.41) is 9.13. The monoisotopic (exact) mass is 837 g/mol. The van der Waals surface area contributed by atoms with E-state index in [1.807, 2.05) is 35.6 Å². The maximum Gasteiger partial charge on any atom is 0.164 e. The molecule has 13 aromatic rings. The maximum atomic E-state index is 6.67. The van der Waals surface area contributed by atoms with Crippen molar-refractivity contribution in [2.24, 2.45) is 0 Å². The molecule has 0 N–H and O–H groups in total. The Labute approximate surface area is 370 Å². The summed E-state index contributed by atoms with van der Waals surface area (Å²) in [6.07, 6.45) is 1.82. The first-order valence-corrected chi connectivity index (χ1v) is 22.6. The number of furan rings is 2. The van der Waals surface area contributed by atoms with Crippen LogP contribution < -0.4 is 0 Å². The molecule has 0 saturated carbocycles. The van der Waals surface area contributed by atoms with Gasteiger partial charge in [-0.15, -0.1) is 11.3 Å². The van der Waals surface area contributed by atoms with Gasteiger partial charge in [0.25, 0.3) is 0 Å². The number of thiophene rings is 1. The van der Waals surface area contributed by atoms with Gasteiger partial charge in [0.05, 0.1) is 0 Å². The van der Waals surface area contributed by atoms with E-state index in [1.165, 1.54) is 53.2 Å². The molecule has 14 rings (SSSR count). The van der Waals surface area contributed by atoms with Gasteiger partial charge < -0.3 is 8.83 Å². The first-order chi connectivity index (χ1) is 31.7. The summed E-state index contributed by atoms with van der Waals surface area (Å²) in [6.45, 7) is 0. The minimum absolute atomic E-state index is 0.0187. The number of benzene rings is 9. The van der Waals surface area contributed by atoms with Gasteiger partial charge in [0.15, 0.2) is 17.5 Å². The summed E-state index contributed by atoms with van der Waals surface area (Å²) in [4.78, 5) is 16.3. The van der Waals surface area contributed by atoms with Crippen LogP contribution >= 0.6 is 11.3 Å². The lowest BCUT2D eigenvalue weighted by Gasteiger charge is -2.22. The molecule has 1 aliphatic carbocycles. The number of aryl methyl sites for hydroxylation is 1. The van der Waals surface area contributed by atoms with Crippen LogP contribution in [0.1, 0.15) is 29.0 Å². The minimum Gasteiger partial charge on any atom is -0.456 e. The second-order valence-corrected chi connectivity index (χ2v) is 18.1. The van der Waals surface area contributed by atoms with Crippen LogP contribution in [0.3, 0.4) is 0 Å². The van der Waals surface area contributed by atoms with Crippen LogP contribution in [-0.4, -0.2) is 15.0 Å². The maximum absolute atomic E-state index is 6.67. The molecule has 1 aliphatic rings. The molecule has 64 heavy (non-hydrogen) atoms. The van der Waals surface area contributed by atoms with Gasteiger partial charge in [0.1, 0.15) is 22.3 Å². The van der Waals surface area contributed by atoms with Gasteiger partial charge in [-0.1, -0.05) is 109 Å². The molecule has 0 bridgehead atoms. The van der Waals surface area contributed by atoms with E-state index in [0.717, 1.165) is 79.0 Å². The minimum atomic E-state index is 0.0187. The topological polar surface area (TPSA) is 65.0 Å². The highest BCUT2D eigenvalue weighted by Crippen LogP contribution is 2.47. The van der Waals surface area contributed by atoms with Crippen LogP contribution in [0.15, 0.2) is 191 Å². The second kappa shape index (κ2) is 13.8. The molecule has 0 radical (unpaired) electrons. The highest BCUT2D eigenvalue weighted by molar-refractivity contribution is 7.25. The molecule has 0 saturated heterocycles. The fourth-order valence-electron chi connectivity index (χ4n) is 10.3. The third-order valence-electron chi connectivity index (χ3n) is 13.4. The van der Waals surface area contributed by atoms with Crippen molar-refractivity contribution >= 4 is 86.2 Å². The largest absolute Gasteiger partial charge is 0.456 e. The molecule has 0 amide bonds. The number of hydrogen-bond donors (Lipinski definition) is 0. The quantitative estimate of drug-likeness (QED) is 0.177. The number of para-hydroxylation sites is 2. The molecule has 4 aromatic heterocycles. The van der Waals surface area contributed by atoms with Gasteiger partial charge in [-0.05, 0) is 124 Å². The van der Waals surface area contributed by atoms with Crippen molar-refractivity contribution in [2.45, 2.75) is 18.8 Å². The SMILES string of the molecule is c1ccc2c(c1)-c1cc3ccccc3cc1CCC2c1cc2oc3ccccc3c2cc1-c1nc(-c2ccc3oc4ccccc4c3c2)nc(-c2ccc3sc4ccccc4c3c2)n1. The lowest BCUT2D eigenvalue weighted by molar-refractivity contribution is 0.665. The van der Waals surface area contributed by atoms with Gasteiger partial charge >= 0.3 is 0 Å². The third-order valence-corrected chi connectivity index (χ3v) is 14.5. The highest BCUT2D eigenvalue weighted by Gasteiger charge is 2.29.